The molecule has 0 saturated heterocycles. The third-order valence-electron chi connectivity index (χ3n) is 4.23. The van der Waals surface area contributed by atoms with Crippen molar-refractivity contribution < 1.29 is 9.59 Å². The zero-order chi connectivity index (χ0) is 19.8. The minimum atomic E-state index is -0.346. The first kappa shape index (κ1) is 19.3. The maximum absolute atomic E-state index is 13.0. The van der Waals surface area contributed by atoms with Gasteiger partial charge in [-0.3, -0.25) is 9.59 Å². The molecule has 0 aliphatic carbocycles. The van der Waals surface area contributed by atoms with Crippen molar-refractivity contribution in [2.24, 2.45) is 0 Å². The second kappa shape index (κ2) is 7.76. The quantitative estimate of drug-likeness (QED) is 0.510. The molecule has 4 rings (SSSR count). The Balaban J connectivity index is 1.61. The van der Waals surface area contributed by atoms with Crippen LogP contribution in [0.3, 0.4) is 0 Å². The van der Waals surface area contributed by atoms with Crippen molar-refractivity contribution in [3.8, 4) is 0 Å². The molecule has 3 heterocycles. The lowest BCUT2D eigenvalue weighted by atomic mass is 10.2. The molecule has 1 aromatic carbocycles. The second-order valence-corrected chi connectivity index (χ2v) is 9.25. The van der Waals surface area contributed by atoms with Crippen LogP contribution in [-0.4, -0.2) is 26.7 Å². The first-order valence-corrected chi connectivity index (χ1v) is 10.7. The van der Waals surface area contributed by atoms with Gasteiger partial charge in [0, 0.05) is 10.1 Å². The molecule has 0 saturated carbocycles. The SMILES string of the molecule is Cc1nc2c(c(NC(=O)c3ccc(Cl)s3)n1)C(=O)N(Cc1cccc(I)c1)C2. The molecule has 1 aliphatic rings. The van der Waals surface area contributed by atoms with Crippen LogP contribution in [0.25, 0.3) is 0 Å². The van der Waals surface area contributed by atoms with Gasteiger partial charge in [0.2, 0.25) is 0 Å². The van der Waals surface area contributed by atoms with Gasteiger partial charge in [-0.2, -0.15) is 0 Å². The molecule has 0 bridgehead atoms. The van der Waals surface area contributed by atoms with Crippen LogP contribution in [0.15, 0.2) is 36.4 Å². The highest BCUT2D eigenvalue weighted by atomic mass is 127. The lowest BCUT2D eigenvalue weighted by Crippen LogP contribution is -2.24. The largest absolute Gasteiger partial charge is 0.328 e. The van der Waals surface area contributed by atoms with E-state index in [1.54, 1.807) is 24.0 Å². The summed E-state index contributed by atoms with van der Waals surface area (Å²) in [7, 11) is 0. The molecule has 9 heteroatoms. The number of hydrogen-bond donors (Lipinski definition) is 1. The first-order valence-electron chi connectivity index (χ1n) is 8.38. The summed E-state index contributed by atoms with van der Waals surface area (Å²) >= 11 is 9.33. The van der Waals surface area contributed by atoms with Gasteiger partial charge in [0.25, 0.3) is 11.8 Å². The average molecular weight is 525 g/mol. The van der Waals surface area contributed by atoms with Crippen LogP contribution in [0.4, 0.5) is 5.82 Å². The molecule has 1 N–H and O–H groups in total. The molecule has 3 aromatic rings. The molecule has 2 amide bonds. The molecule has 6 nitrogen and oxygen atoms in total. The van der Waals surface area contributed by atoms with E-state index < -0.39 is 0 Å². The van der Waals surface area contributed by atoms with Crippen LogP contribution in [0, 0.1) is 10.5 Å². The van der Waals surface area contributed by atoms with Gasteiger partial charge in [-0.25, -0.2) is 9.97 Å². The van der Waals surface area contributed by atoms with Gasteiger partial charge in [0.05, 0.1) is 21.5 Å². The lowest BCUT2D eigenvalue weighted by Gasteiger charge is -2.15. The van der Waals surface area contributed by atoms with Gasteiger partial charge in [0.1, 0.15) is 17.2 Å². The fourth-order valence-electron chi connectivity index (χ4n) is 3.06. The van der Waals surface area contributed by atoms with E-state index in [4.69, 9.17) is 11.6 Å². The van der Waals surface area contributed by atoms with E-state index >= 15 is 0 Å². The highest BCUT2D eigenvalue weighted by Crippen LogP contribution is 2.29. The minimum absolute atomic E-state index is 0.187. The van der Waals surface area contributed by atoms with Gasteiger partial charge in [0.15, 0.2) is 0 Å². The summed E-state index contributed by atoms with van der Waals surface area (Å²) in [4.78, 5) is 36.4. The van der Waals surface area contributed by atoms with Crippen molar-refractivity contribution in [1.82, 2.24) is 14.9 Å². The van der Waals surface area contributed by atoms with Crippen LogP contribution in [-0.2, 0) is 13.1 Å². The van der Waals surface area contributed by atoms with E-state index in [1.165, 1.54) is 11.3 Å². The van der Waals surface area contributed by atoms with E-state index in [9.17, 15) is 9.59 Å². The van der Waals surface area contributed by atoms with Crippen LogP contribution >= 0.6 is 45.5 Å². The molecular formula is C19H14ClIN4O2S. The summed E-state index contributed by atoms with van der Waals surface area (Å²) < 4.78 is 1.63. The predicted molar refractivity (Wildman–Crippen MR) is 117 cm³/mol. The van der Waals surface area contributed by atoms with E-state index in [0.29, 0.717) is 39.4 Å². The topological polar surface area (TPSA) is 75.2 Å². The van der Waals surface area contributed by atoms with E-state index in [-0.39, 0.29) is 17.6 Å². The molecule has 0 atom stereocenters. The number of rotatable bonds is 4. The maximum Gasteiger partial charge on any atom is 0.266 e. The smallest absolute Gasteiger partial charge is 0.266 e. The molecule has 28 heavy (non-hydrogen) atoms. The van der Waals surface area contributed by atoms with Crippen molar-refractivity contribution in [3.63, 3.8) is 0 Å². The number of aryl methyl sites for hydroxylation is 1. The van der Waals surface area contributed by atoms with E-state index in [0.717, 1.165) is 9.13 Å². The number of hydrogen-bond acceptors (Lipinski definition) is 5. The van der Waals surface area contributed by atoms with Crippen LogP contribution in [0.1, 0.15) is 37.1 Å². The van der Waals surface area contributed by atoms with Crippen molar-refractivity contribution in [2.75, 3.05) is 5.32 Å². The monoisotopic (exact) mass is 524 g/mol. The number of carbonyl (C=O) groups is 2. The molecule has 0 radical (unpaired) electrons. The summed E-state index contributed by atoms with van der Waals surface area (Å²) in [6, 6.07) is 11.3. The number of nitrogens with zero attached hydrogens (tertiary/aromatic N) is 3. The third kappa shape index (κ3) is 3.89. The Bertz CT molecular complexity index is 1100. The van der Waals surface area contributed by atoms with Gasteiger partial charge >= 0.3 is 0 Å². The Hall–Kier alpha value is -2.04. The molecule has 0 unspecified atom stereocenters. The number of anilines is 1. The Labute approximate surface area is 184 Å². The summed E-state index contributed by atoms with van der Waals surface area (Å²) in [5, 5.41) is 2.75. The minimum Gasteiger partial charge on any atom is -0.328 e. The number of thiophene rings is 1. The van der Waals surface area contributed by atoms with Gasteiger partial charge in [-0.05, 0) is 59.3 Å². The molecule has 0 spiro atoms. The summed E-state index contributed by atoms with van der Waals surface area (Å²) in [5.41, 5.74) is 2.02. The molecule has 0 fully saturated rings. The van der Waals surface area contributed by atoms with Crippen molar-refractivity contribution in [2.45, 2.75) is 20.0 Å². The van der Waals surface area contributed by atoms with Crippen LogP contribution in [0.2, 0.25) is 4.34 Å². The van der Waals surface area contributed by atoms with Crippen molar-refractivity contribution in [3.05, 3.63) is 71.8 Å². The van der Waals surface area contributed by atoms with Crippen molar-refractivity contribution in [1.29, 1.82) is 0 Å². The number of nitrogens with one attached hydrogen (secondary N) is 1. The van der Waals surface area contributed by atoms with Gasteiger partial charge < -0.3 is 10.2 Å². The standard InChI is InChI=1S/C19H14ClIN4O2S/c1-10-22-13-9-25(8-11-3-2-4-12(21)7-11)19(27)16(13)17(23-10)24-18(26)14-5-6-15(20)28-14/h2-7H,8-9H2,1H3,(H,22,23,24,26). The molecule has 1 aliphatic heterocycles. The molecular weight excluding hydrogens is 511 g/mol. The van der Waals surface area contributed by atoms with Crippen LogP contribution < -0.4 is 5.32 Å². The fourth-order valence-corrected chi connectivity index (χ4v) is 4.61. The zero-order valence-electron chi connectivity index (χ0n) is 14.7. The Kier molecular flexibility index (Phi) is 5.35. The molecule has 142 valence electrons. The number of amides is 2. The Morgan fingerprint density at radius 3 is 2.86 bits per heavy atom. The summed E-state index contributed by atoms with van der Waals surface area (Å²) in [6.07, 6.45) is 0. The number of benzene rings is 1. The third-order valence-corrected chi connectivity index (χ3v) is 6.13. The Morgan fingerprint density at radius 1 is 1.32 bits per heavy atom. The lowest BCUT2D eigenvalue weighted by molar-refractivity contribution is 0.0767. The Morgan fingerprint density at radius 2 is 2.14 bits per heavy atom. The summed E-state index contributed by atoms with van der Waals surface area (Å²) in [6.45, 7) is 2.60. The van der Waals surface area contributed by atoms with E-state index in [1.807, 2.05) is 24.3 Å². The highest BCUT2D eigenvalue weighted by Gasteiger charge is 2.33. The molecule has 2 aromatic heterocycles. The van der Waals surface area contributed by atoms with Crippen molar-refractivity contribution >= 4 is 63.2 Å². The van der Waals surface area contributed by atoms with Crippen LogP contribution in [0.5, 0.6) is 0 Å². The number of fused-ring (bicyclic) bond motifs is 1. The normalized spacial score (nSPS) is 13.0. The highest BCUT2D eigenvalue weighted by molar-refractivity contribution is 14.1. The zero-order valence-corrected chi connectivity index (χ0v) is 18.4. The number of halogens is 2. The average Bonchev–Trinajstić information content (AvgIpc) is 3.19. The number of aromatic nitrogens is 2. The second-order valence-electron chi connectivity index (χ2n) is 6.29. The maximum atomic E-state index is 13.0. The van der Waals surface area contributed by atoms with Gasteiger partial charge in [-0.1, -0.05) is 23.7 Å². The predicted octanol–water partition coefficient (Wildman–Crippen LogP) is 4.51. The summed E-state index contributed by atoms with van der Waals surface area (Å²) in [5.74, 6) is 0.212. The van der Waals surface area contributed by atoms with Gasteiger partial charge in [-0.15, -0.1) is 11.3 Å². The van der Waals surface area contributed by atoms with E-state index in [2.05, 4.69) is 37.9 Å². The number of carbonyl (C=O) groups excluding carboxylic acids is 2. The first-order chi connectivity index (χ1) is 13.4. The fraction of sp³-hybridized carbons (Fsp3) is 0.158.